The third-order valence-corrected chi connectivity index (χ3v) is 8.05. The molecular formula is C28H34N2O6. The van der Waals surface area contributed by atoms with E-state index in [9.17, 15) is 19.5 Å². The van der Waals surface area contributed by atoms with Gasteiger partial charge in [0.1, 0.15) is 17.6 Å². The monoisotopic (exact) mass is 494 g/mol. The van der Waals surface area contributed by atoms with E-state index < -0.39 is 35.0 Å². The van der Waals surface area contributed by atoms with Gasteiger partial charge in [-0.2, -0.15) is 0 Å². The third kappa shape index (κ3) is 3.61. The second kappa shape index (κ2) is 9.16. The van der Waals surface area contributed by atoms with Crippen LogP contribution in [0.15, 0.2) is 42.5 Å². The normalized spacial score (nSPS) is 35.1. The summed E-state index contributed by atoms with van der Waals surface area (Å²) in [5, 5.41) is 9.83. The molecule has 1 unspecified atom stereocenters. The van der Waals surface area contributed by atoms with Crippen LogP contribution in [0.25, 0.3) is 0 Å². The maximum atomic E-state index is 14.3. The Morgan fingerprint density at radius 3 is 2.50 bits per heavy atom. The van der Waals surface area contributed by atoms with Gasteiger partial charge in [0.25, 0.3) is 5.91 Å². The summed E-state index contributed by atoms with van der Waals surface area (Å²) in [6.45, 7) is 5.97. The number of anilines is 1. The number of cyclic esters (lactones) is 1. The molecule has 0 radical (unpaired) electrons. The third-order valence-electron chi connectivity index (χ3n) is 8.05. The molecule has 5 rings (SSSR count). The maximum Gasteiger partial charge on any atom is 0.313 e. The SMILES string of the molecule is Cc1cccc(C)c1N1CC=C[C@]23O[C@]4(C)/C=C\CCCCOC(=O)[C@@H]4[C@H]2C(=O)N(CCO)C3C1=O. The Kier molecular flexibility index (Phi) is 6.29. The van der Waals surface area contributed by atoms with E-state index in [0.717, 1.165) is 36.1 Å². The number of aliphatic hydroxyl groups excluding tert-OH is 1. The molecule has 1 N–H and O–H groups in total. The van der Waals surface area contributed by atoms with Crippen molar-refractivity contribution in [2.24, 2.45) is 11.8 Å². The second-order valence-electron chi connectivity index (χ2n) is 10.4. The molecule has 1 spiro atoms. The summed E-state index contributed by atoms with van der Waals surface area (Å²) in [5.41, 5.74) is 0.221. The highest BCUT2D eigenvalue weighted by molar-refractivity contribution is 6.06. The number of benzene rings is 1. The Morgan fingerprint density at radius 1 is 1.03 bits per heavy atom. The van der Waals surface area contributed by atoms with E-state index in [0.29, 0.717) is 6.54 Å². The minimum absolute atomic E-state index is 0.0282. The predicted octanol–water partition coefficient (Wildman–Crippen LogP) is 2.45. The first kappa shape index (κ1) is 24.7. The molecule has 8 nitrogen and oxygen atoms in total. The summed E-state index contributed by atoms with van der Waals surface area (Å²) >= 11 is 0. The molecule has 0 aliphatic carbocycles. The fraction of sp³-hybridized carbons (Fsp3) is 0.536. The number of carbonyl (C=O) groups excluding carboxylic acids is 3. The van der Waals surface area contributed by atoms with Crippen LogP contribution >= 0.6 is 0 Å². The average molecular weight is 495 g/mol. The van der Waals surface area contributed by atoms with Crippen LogP contribution in [0.2, 0.25) is 0 Å². The largest absolute Gasteiger partial charge is 0.465 e. The first-order valence-electron chi connectivity index (χ1n) is 12.8. The van der Waals surface area contributed by atoms with E-state index in [1.165, 1.54) is 4.90 Å². The quantitative estimate of drug-likeness (QED) is 0.512. The summed E-state index contributed by atoms with van der Waals surface area (Å²) in [6, 6.07) is 4.84. The van der Waals surface area contributed by atoms with Gasteiger partial charge in [0.15, 0.2) is 0 Å². The Bertz CT molecular complexity index is 1120. The number of aliphatic hydroxyl groups is 1. The number of hydrogen-bond acceptors (Lipinski definition) is 6. The van der Waals surface area contributed by atoms with E-state index in [-0.39, 0.29) is 31.6 Å². The molecule has 2 amide bonds. The molecular weight excluding hydrogens is 460 g/mol. The molecule has 192 valence electrons. The van der Waals surface area contributed by atoms with Crippen LogP contribution in [0.1, 0.15) is 37.3 Å². The lowest BCUT2D eigenvalue weighted by atomic mass is 9.74. The number of amides is 2. The minimum Gasteiger partial charge on any atom is -0.465 e. The van der Waals surface area contributed by atoms with Gasteiger partial charge in [0, 0.05) is 18.8 Å². The zero-order chi connectivity index (χ0) is 25.7. The van der Waals surface area contributed by atoms with Crippen LogP contribution in [0, 0.1) is 25.7 Å². The van der Waals surface area contributed by atoms with E-state index >= 15 is 0 Å². The maximum absolute atomic E-state index is 14.3. The molecule has 5 atom stereocenters. The van der Waals surface area contributed by atoms with Gasteiger partial charge in [0.2, 0.25) is 5.91 Å². The summed E-state index contributed by atoms with van der Waals surface area (Å²) in [6.07, 6.45) is 9.97. The van der Waals surface area contributed by atoms with E-state index in [2.05, 4.69) is 0 Å². The number of ether oxygens (including phenoxy) is 2. The van der Waals surface area contributed by atoms with Gasteiger partial charge in [-0.15, -0.1) is 0 Å². The predicted molar refractivity (Wildman–Crippen MR) is 133 cm³/mol. The van der Waals surface area contributed by atoms with Crippen molar-refractivity contribution in [3.8, 4) is 0 Å². The second-order valence-corrected chi connectivity index (χ2v) is 10.4. The number of carbonyl (C=O) groups is 3. The number of likely N-dealkylation sites (tertiary alicyclic amines) is 1. The standard InChI is InChI=1S/C28H34N2O6/c1-18-10-8-11-19(2)22(18)29-14-9-13-28-20(24(32)30(15-16-31)23(28)25(29)33)21-26(34)35-17-7-5-4-6-12-27(21,3)36-28/h6,8-13,20-21,23,31H,4-5,7,14-17H2,1-3H3/b12-6-/t20-,21-,23?,27+,28-/m0/s1. The lowest BCUT2D eigenvalue weighted by Crippen LogP contribution is -2.56. The van der Waals surface area contributed by atoms with Gasteiger partial charge in [-0.3, -0.25) is 14.4 Å². The molecule has 1 aromatic carbocycles. The van der Waals surface area contributed by atoms with Crippen LogP contribution in [0.4, 0.5) is 5.69 Å². The zero-order valence-electron chi connectivity index (χ0n) is 21.1. The molecule has 0 aromatic heterocycles. The summed E-state index contributed by atoms with van der Waals surface area (Å²) in [7, 11) is 0. The number of esters is 1. The first-order valence-corrected chi connectivity index (χ1v) is 12.8. The highest BCUT2D eigenvalue weighted by Gasteiger charge is 2.74. The minimum atomic E-state index is -1.36. The van der Waals surface area contributed by atoms with Gasteiger partial charge in [-0.05, 0) is 51.2 Å². The van der Waals surface area contributed by atoms with Crippen molar-refractivity contribution in [2.75, 3.05) is 31.2 Å². The average Bonchev–Trinajstić information content (AvgIpc) is 3.15. The van der Waals surface area contributed by atoms with Crippen molar-refractivity contribution in [1.29, 1.82) is 0 Å². The van der Waals surface area contributed by atoms with Crippen molar-refractivity contribution >= 4 is 23.5 Å². The number of para-hydroxylation sites is 1. The molecule has 0 saturated carbocycles. The summed E-state index contributed by atoms with van der Waals surface area (Å²) < 4.78 is 12.4. The summed E-state index contributed by atoms with van der Waals surface area (Å²) in [5.74, 6) is -2.98. The molecule has 4 aliphatic heterocycles. The highest BCUT2D eigenvalue weighted by Crippen LogP contribution is 2.57. The number of nitrogens with zero attached hydrogens (tertiary/aromatic N) is 2. The van der Waals surface area contributed by atoms with Crippen LogP contribution in [0.5, 0.6) is 0 Å². The molecule has 4 aliphatic rings. The van der Waals surface area contributed by atoms with Crippen LogP contribution in [-0.2, 0) is 23.9 Å². The van der Waals surface area contributed by atoms with Gasteiger partial charge in [0.05, 0.1) is 24.7 Å². The topological polar surface area (TPSA) is 96.4 Å². The first-order chi connectivity index (χ1) is 17.2. The van der Waals surface area contributed by atoms with Crippen molar-refractivity contribution in [3.63, 3.8) is 0 Å². The van der Waals surface area contributed by atoms with Gasteiger partial charge < -0.3 is 24.4 Å². The number of rotatable bonds is 3. The zero-order valence-corrected chi connectivity index (χ0v) is 21.1. The van der Waals surface area contributed by atoms with E-state index in [4.69, 9.17) is 9.47 Å². The van der Waals surface area contributed by atoms with Gasteiger partial charge >= 0.3 is 5.97 Å². The van der Waals surface area contributed by atoms with Gasteiger partial charge in [-0.25, -0.2) is 0 Å². The number of aryl methyl sites for hydroxylation is 2. The molecule has 2 fully saturated rings. The van der Waals surface area contributed by atoms with E-state index in [1.54, 1.807) is 11.8 Å². The lowest BCUT2D eigenvalue weighted by molar-refractivity contribution is -0.158. The van der Waals surface area contributed by atoms with Crippen molar-refractivity contribution in [2.45, 2.75) is 57.3 Å². The lowest BCUT2D eigenvalue weighted by Gasteiger charge is -2.37. The number of hydrogen-bond donors (Lipinski definition) is 1. The number of fused-ring (bicyclic) bond motifs is 2. The Balaban J connectivity index is 1.66. The Labute approximate surface area is 211 Å². The summed E-state index contributed by atoms with van der Waals surface area (Å²) in [4.78, 5) is 44.8. The molecule has 0 bridgehead atoms. The Hall–Kier alpha value is -2.97. The highest BCUT2D eigenvalue weighted by atomic mass is 16.6. The molecule has 4 heterocycles. The molecule has 36 heavy (non-hydrogen) atoms. The Morgan fingerprint density at radius 2 is 1.78 bits per heavy atom. The fourth-order valence-electron chi connectivity index (χ4n) is 6.58. The molecule has 2 saturated heterocycles. The van der Waals surface area contributed by atoms with Crippen LogP contribution in [-0.4, -0.2) is 71.3 Å². The van der Waals surface area contributed by atoms with Gasteiger partial charge in [-0.1, -0.05) is 42.5 Å². The number of β-amino-alcohol motifs (C(OH)–C–C–N with tert-alkyl or cyclic N) is 1. The fourth-order valence-corrected chi connectivity index (χ4v) is 6.58. The molecule has 8 heteroatoms. The van der Waals surface area contributed by atoms with Crippen LogP contribution < -0.4 is 4.90 Å². The van der Waals surface area contributed by atoms with Crippen molar-refractivity contribution in [1.82, 2.24) is 4.90 Å². The van der Waals surface area contributed by atoms with Crippen LogP contribution in [0.3, 0.4) is 0 Å². The van der Waals surface area contributed by atoms with Crippen molar-refractivity contribution in [3.05, 3.63) is 53.6 Å². The molecule has 1 aromatic rings. The van der Waals surface area contributed by atoms with E-state index in [1.807, 2.05) is 56.4 Å². The smallest absolute Gasteiger partial charge is 0.313 e. The van der Waals surface area contributed by atoms with Crippen molar-refractivity contribution < 1.29 is 29.0 Å². The number of allylic oxidation sites excluding steroid dienone is 1.